The van der Waals surface area contributed by atoms with E-state index in [1.165, 1.54) is 24.3 Å². The lowest BCUT2D eigenvalue weighted by atomic mass is 10.0. The highest BCUT2D eigenvalue weighted by molar-refractivity contribution is 6.01. The second kappa shape index (κ2) is 6.66. The minimum atomic E-state index is -0.272. The van der Waals surface area contributed by atoms with E-state index in [-0.39, 0.29) is 17.7 Å². The average molecular weight is 303 g/mol. The molecule has 2 N–H and O–H groups in total. The van der Waals surface area contributed by atoms with E-state index in [0.29, 0.717) is 6.42 Å². The molecule has 0 saturated heterocycles. The van der Waals surface area contributed by atoms with Gasteiger partial charge in [0.05, 0.1) is 5.71 Å². The zero-order valence-electron chi connectivity index (χ0n) is 12.0. The van der Waals surface area contributed by atoms with Gasteiger partial charge < -0.3 is 10.2 Å². The minimum absolute atomic E-state index is 0.0151. The van der Waals surface area contributed by atoms with Gasteiger partial charge in [-0.1, -0.05) is 29.4 Å². The normalized spacial score (nSPS) is 17.2. The Balaban J connectivity index is 1.47. The topological polar surface area (TPSA) is 38.2 Å². The fraction of sp³-hybridized carbons (Fsp3) is 0.235. The summed E-state index contributed by atoms with van der Waals surface area (Å²) < 4.78 is 26.0. The molecule has 0 saturated carbocycles. The second-order valence-electron chi connectivity index (χ2n) is 5.33. The third-order valence-corrected chi connectivity index (χ3v) is 3.61. The van der Waals surface area contributed by atoms with Gasteiger partial charge in [0.25, 0.3) is 0 Å². The van der Waals surface area contributed by atoms with Crippen molar-refractivity contribution in [2.75, 3.05) is 6.54 Å². The van der Waals surface area contributed by atoms with E-state index in [2.05, 4.69) is 10.5 Å². The highest BCUT2D eigenvalue weighted by Crippen LogP contribution is 2.16. The van der Waals surface area contributed by atoms with Crippen molar-refractivity contribution < 1.29 is 18.9 Å². The van der Waals surface area contributed by atoms with Crippen LogP contribution in [-0.4, -0.2) is 18.4 Å². The van der Waals surface area contributed by atoms with Gasteiger partial charge in [-0.15, -0.1) is 0 Å². The smallest absolute Gasteiger partial charge is 0.181 e. The van der Waals surface area contributed by atoms with Gasteiger partial charge in [0.2, 0.25) is 0 Å². The van der Waals surface area contributed by atoms with Crippen LogP contribution in [0, 0.1) is 11.6 Å². The predicted molar refractivity (Wildman–Crippen MR) is 79.3 cm³/mol. The summed E-state index contributed by atoms with van der Waals surface area (Å²) >= 11 is 0. The van der Waals surface area contributed by atoms with E-state index >= 15 is 0 Å². The number of oxime groups is 1. The van der Waals surface area contributed by atoms with Crippen molar-refractivity contribution in [1.29, 1.82) is 0 Å². The number of hydrogen-bond donors (Lipinski definition) is 1. The number of quaternary nitrogens is 1. The maximum atomic E-state index is 13.2. The van der Waals surface area contributed by atoms with E-state index in [1.54, 1.807) is 18.2 Å². The van der Waals surface area contributed by atoms with Crippen LogP contribution < -0.4 is 5.32 Å². The molecule has 114 valence electrons. The Labute approximate surface area is 127 Å². The van der Waals surface area contributed by atoms with Gasteiger partial charge in [0.1, 0.15) is 24.7 Å². The molecule has 0 spiro atoms. The third kappa shape index (κ3) is 3.68. The standard InChI is InChI=1S/C17H16F2N2O/c18-14-6-4-12(5-7-14)10-20-11-16-9-17(21-22-16)13-2-1-3-15(19)8-13/h1-8,16,20H,9-11H2/p+1/t16-/m1/s1. The number of benzene rings is 2. The molecular formula is C17H17F2N2O+. The molecule has 1 atom stereocenters. The highest BCUT2D eigenvalue weighted by Gasteiger charge is 2.23. The Morgan fingerprint density at radius 3 is 2.68 bits per heavy atom. The Bertz CT molecular complexity index is 671. The molecule has 0 aromatic heterocycles. The van der Waals surface area contributed by atoms with E-state index in [9.17, 15) is 8.78 Å². The lowest BCUT2D eigenvalue weighted by Gasteiger charge is -2.07. The molecule has 1 heterocycles. The molecular weight excluding hydrogens is 286 g/mol. The first-order chi connectivity index (χ1) is 10.7. The molecule has 22 heavy (non-hydrogen) atoms. The zero-order chi connectivity index (χ0) is 15.4. The van der Waals surface area contributed by atoms with Crippen LogP contribution in [0.2, 0.25) is 0 Å². The maximum absolute atomic E-state index is 13.2. The van der Waals surface area contributed by atoms with Crippen molar-refractivity contribution in [3.8, 4) is 0 Å². The summed E-state index contributed by atoms with van der Waals surface area (Å²) in [5.74, 6) is -0.498. The van der Waals surface area contributed by atoms with Crippen LogP contribution >= 0.6 is 0 Å². The number of halogens is 2. The van der Waals surface area contributed by atoms with Gasteiger partial charge >= 0.3 is 0 Å². The maximum Gasteiger partial charge on any atom is 0.181 e. The first kappa shape index (κ1) is 14.7. The summed E-state index contributed by atoms with van der Waals surface area (Å²) in [6.07, 6.45) is 0.655. The molecule has 3 nitrogen and oxygen atoms in total. The molecule has 0 radical (unpaired) electrons. The minimum Gasteiger partial charge on any atom is -0.386 e. The van der Waals surface area contributed by atoms with E-state index in [1.807, 2.05) is 6.07 Å². The quantitative estimate of drug-likeness (QED) is 0.904. The molecule has 2 aromatic carbocycles. The molecule has 0 fully saturated rings. The van der Waals surface area contributed by atoms with Crippen LogP contribution in [-0.2, 0) is 11.4 Å². The van der Waals surface area contributed by atoms with Gasteiger partial charge in [0.15, 0.2) is 6.10 Å². The fourth-order valence-corrected chi connectivity index (χ4v) is 2.45. The molecule has 1 aliphatic rings. The summed E-state index contributed by atoms with van der Waals surface area (Å²) in [7, 11) is 0. The van der Waals surface area contributed by atoms with Crippen molar-refractivity contribution >= 4 is 5.71 Å². The van der Waals surface area contributed by atoms with E-state index in [0.717, 1.165) is 29.9 Å². The Morgan fingerprint density at radius 2 is 1.91 bits per heavy atom. The van der Waals surface area contributed by atoms with Gasteiger partial charge in [-0.25, -0.2) is 8.78 Å². The van der Waals surface area contributed by atoms with Crippen LogP contribution in [0.4, 0.5) is 8.78 Å². The molecule has 3 rings (SSSR count). The Morgan fingerprint density at radius 1 is 1.09 bits per heavy atom. The predicted octanol–water partition coefficient (Wildman–Crippen LogP) is 2.22. The summed E-state index contributed by atoms with van der Waals surface area (Å²) in [5.41, 5.74) is 2.60. The molecule has 2 aromatic rings. The molecule has 5 heteroatoms. The molecule has 1 aliphatic heterocycles. The summed E-state index contributed by atoms with van der Waals surface area (Å²) in [6.45, 7) is 1.51. The third-order valence-electron chi connectivity index (χ3n) is 3.61. The van der Waals surface area contributed by atoms with Gasteiger partial charge in [0, 0.05) is 17.5 Å². The van der Waals surface area contributed by atoms with E-state index in [4.69, 9.17) is 4.84 Å². The first-order valence-corrected chi connectivity index (χ1v) is 7.25. The van der Waals surface area contributed by atoms with Crippen LogP contribution in [0.3, 0.4) is 0 Å². The Kier molecular flexibility index (Phi) is 4.44. The SMILES string of the molecule is Fc1ccc(C[NH2+]C[C@H]2CC(c3cccc(F)c3)=NO2)cc1. The van der Waals surface area contributed by atoms with Crippen molar-refractivity contribution in [2.24, 2.45) is 5.16 Å². The monoisotopic (exact) mass is 303 g/mol. The second-order valence-corrected chi connectivity index (χ2v) is 5.33. The lowest BCUT2D eigenvalue weighted by Crippen LogP contribution is -2.84. The summed E-state index contributed by atoms with van der Waals surface area (Å²) in [4.78, 5) is 5.39. The van der Waals surface area contributed by atoms with Crippen LogP contribution in [0.15, 0.2) is 53.7 Å². The van der Waals surface area contributed by atoms with Crippen LogP contribution in [0.1, 0.15) is 17.5 Å². The molecule has 0 unspecified atom stereocenters. The van der Waals surface area contributed by atoms with Crippen molar-refractivity contribution in [3.63, 3.8) is 0 Å². The van der Waals surface area contributed by atoms with Crippen LogP contribution in [0.25, 0.3) is 0 Å². The van der Waals surface area contributed by atoms with Gasteiger partial charge in [-0.3, -0.25) is 0 Å². The lowest BCUT2D eigenvalue weighted by molar-refractivity contribution is -0.676. The molecule has 0 aliphatic carbocycles. The summed E-state index contributed by atoms with van der Waals surface area (Å²) in [5, 5.41) is 6.15. The van der Waals surface area contributed by atoms with Crippen molar-refractivity contribution in [2.45, 2.75) is 19.1 Å². The van der Waals surface area contributed by atoms with Crippen molar-refractivity contribution in [1.82, 2.24) is 0 Å². The molecule has 0 amide bonds. The first-order valence-electron chi connectivity index (χ1n) is 7.25. The number of hydrogen-bond acceptors (Lipinski definition) is 2. The molecule has 0 bridgehead atoms. The van der Waals surface area contributed by atoms with Crippen LogP contribution in [0.5, 0.6) is 0 Å². The average Bonchev–Trinajstić information content (AvgIpc) is 2.98. The van der Waals surface area contributed by atoms with Gasteiger partial charge in [-0.05, 0) is 24.3 Å². The number of rotatable bonds is 5. The van der Waals surface area contributed by atoms with Gasteiger partial charge in [-0.2, -0.15) is 0 Å². The van der Waals surface area contributed by atoms with E-state index < -0.39 is 0 Å². The fourth-order valence-electron chi connectivity index (χ4n) is 2.45. The van der Waals surface area contributed by atoms with Crippen molar-refractivity contribution in [3.05, 3.63) is 71.3 Å². The number of nitrogens with zero attached hydrogens (tertiary/aromatic N) is 1. The zero-order valence-corrected chi connectivity index (χ0v) is 12.0. The largest absolute Gasteiger partial charge is 0.386 e. The highest BCUT2D eigenvalue weighted by atomic mass is 19.1. The number of nitrogens with two attached hydrogens (primary N) is 1. The summed E-state index contributed by atoms with van der Waals surface area (Å²) in [6, 6.07) is 12.8. The Hall–Kier alpha value is -2.27.